The van der Waals surface area contributed by atoms with Crippen molar-refractivity contribution >= 4 is 5.97 Å². The molecular formula is C43H53F15N8O3. The number of unbranched alkanes of at least 4 members (excludes halogenated alkanes) is 1. The molecule has 5 aliphatic heterocycles. The van der Waals surface area contributed by atoms with Gasteiger partial charge in [0.05, 0.1) is 61.5 Å². The second-order valence-electron chi connectivity index (χ2n) is 20.0. The van der Waals surface area contributed by atoms with Gasteiger partial charge in [-0.2, -0.15) is 0 Å². The molecule has 11 nitrogen and oxygen atoms in total. The third-order valence-electron chi connectivity index (χ3n) is 16.4. The highest BCUT2D eigenvalue weighted by Gasteiger charge is 2.69. The lowest BCUT2D eigenvalue weighted by Crippen LogP contribution is -2.63. The van der Waals surface area contributed by atoms with Crippen LogP contribution in [0.2, 0.25) is 0 Å². The molecule has 8 N–H and O–H groups in total. The number of fused-ring (bicyclic) bond motifs is 20. The fourth-order valence-electron chi connectivity index (χ4n) is 13.1. The molecule has 32 atom stereocenters. The Kier molecular flexibility index (Phi) is 13.6. The molecule has 5 saturated heterocycles. The predicted octanol–water partition coefficient (Wildman–Crippen LogP) is 3.84. The number of ether oxygens (including phenoxy) is 2. The van der Waals surface area contributed by atoms with Crippen LogP contribution in [0, 0.1) is 47.3 Å². The van der Waals surface area contributed by atoms with Gasteiger partial charge in [0.2, 0.25) is 0 Å². The van der Waals surface area contributed by atoms with Crippen molar-refractivity contribution in [2.75, 3.05) is 6.61 Å². The second kappa shape index (κ2) is 18.9. The Hall–Kier alpha value is -2.88. The maximum absolute atomic E-state index is 16.7. The summed E-state index contributed by atoms with van der Waals surface area (Å²) in [5.74, 6) is -16.0. The monoisotopic (exact) mass is 1010 g/mol. The van der Waals surface area contributed by atoms with Gasteiger partial charge in [-0.05, 0) is 30.7 Å². The molecule has 388 valence electrons. The summed E-state index contributed by atoms with van der Waals surface area (Å²) in [5.41, 5.74) is 0.0460. The fraction of sp³-hybridized carbons (Fsp3) is 0.837. The van der Waals surface area contributed by atoms with Gasteiger partial charge in [0.25, 0.3) is 0 Å². The Balaban J connectivity index is 1.06. The van der Waals surface area contributed by atoms with Gasteiger partial charge in [0.15, 0.2) is 49.4 Å². The zero-order chi connectivity index (χ0) is 49.2. The standard InChI is InChI=1S/C43H53F15N8O3/c1-2-3-8-68-43(67)9-4-6-10(7-5-9)69-34-18-17(25(50)32(57)33(34)58)41-64-39-14-13(21(46)28(53)29(54)22(14)47)37(62-39)60-35-11-12(20(45)27(52)26(51)19(11)44)36(59-35)61-38-15-16(40(63-38)65-42(18)66-41)24(49)31(56)30(55)23(15)48/h4-7,11-42,59-66H,2-3,8H2,1H3. The topological polar surface area (TPSA) is 132 Å². The molecule has 0 amide bonds. The first kappa shape index (κ1) is 49.7. The van der Waals surface area contributed by atoms with Gasteiger partial charge >= 0.3 is 5.97 Å². The summed E-state index contributed by atoms with van der Waals surface area (Å²) in [6.45, 7) is 1.99. The van der Waals surface area contributed by atoms with E-state index in [1.165, 1.54) is 24.3 Å². The maximum atomic E-state index is 16.7. The Labute approximate surface area is 385 Å². The molecule has 9 aliphatic rings. The fourth-order valence-corrected chi connectivity index (χ4v) is 13.1. The molecule has 4 aliphatic carbocycles. The Morgan fingerprint density at radius 2 is 0.652 bits per heavy atom. The molecule has 0 radical (unpaired) electrons. The van der Waals surface area contributed by atoms with Crippen LogP contribution in [0.15, 0.2) is 24.3 Å². The largest absolute Gasteiger partial charge is 0.487 e. The molecule has 26 heteroatoms. The third-order valence-corrected chi connectivity index (χ3v) is 16.4. The van der Waals surface area contributed by atoms with Crippen molar-refractivity contribution < 1.29 is 80.1 Å². The Morgan fingerprint density at radius 1 is 0.391 bits per heavy atom. The van der Waals surface area contributed by atoms with Gasteiger partial charge in [-0.15, -0.1) is 0 Å². The van der Waals surface area contributed by atoms with E-state index in [4.69, 9.17) is 9.47 Å². The van der Waals surface area contributed by atoms with E-state index in [0.717, 1.165) is 6.42 Å². The van der Waals surface area contributed by atoms with E-state index in [1.54, 1.807) is 0 Å². The first-order valence-corrected chi connectivity index (χ1v) is 23.5. The lowest BCUT2D eigenvalue weighted by atomic mass is 9.72. The smallest absolute Gasteiger partial charge is 0.338 e. The highest BCUT2D eigenvalue weighted by atomic mass is 19.2. The number of nitrogens with one attached hydrogen (secondary N) is 8. The van der Waals surface area contributed by atoms with E-state index in [9.17, 15) is 4.79 Å². The van der Waals surface area contributed by atoms with Crippen molar-refractivity contribution in [3.63, 3.8) is 0 Å². The number of benzene rings is 1. The molecule has 32 unspecified atom stereocenters. The van der Waals surface area contributed by atoms with Crippen LogP contribution in [0.3, 0.4) is 0 Å². The summed E-state index contributed by atoms with van der Waals surface area (Å²) < 4.78 is 249. The van der Waals surface area contributed by atoms with Crippen LogP contribution in [0.4, 0.5) is 65.9 Å². The number of carbonyl (C=O) groups is 1. The first-order chi connectivity index (χ1) is 32.8. The van der Waals surface area contributed by atoms with Crippen molar-refractivity contribution in [1.29, 1.82) is 0 Å². The molecule has 69 heavy (non-hydrogen) atoms. The molecule has 9 fully saturated rings. The summed E-state index contributed by atoms with van der Waals surface area (Å²) in [6, 6.07) is 4.93. The number of carbonyl (C=O) groups excluding carboxylic acids is 1. The number of hydrogen-bond acceptors (Lipinski definition) is 11. The van der Waals surface area contributed by atoms with Crippen LogP contribution in [0.5, 0.6) is 5.75 Å². The molecule has 0 spiro atoms. The van der Waals surface area contributed by atoms with E-state index >= 15 is 65.9 Å². The lowest BCUT2D eigenvalue weighted by molar-refractivity contribution is -0.104. The van der Waals surface area contributed by atoms with Gasteiger partial charge in [-0.3, -0.25) is 42.5 Å². The predicted molar refractivity (Wildman–Crippen MR) is 213 cm³/mol. The normalized spacial score (nSPS) is 55.6. The number of rotatable bonds is 6. The quantitative estimate of drug-likeness (QED) is 0.120. The van der Waals surface area contributed by atoms with Crippen LogP contribution in [0.25, 0.3) is 0 Å². The van der Waals surface area contributed by atoms with Crippen LogP contribution in [-0.4, -0.2) is 161 Å². The zero-order valence-corrected chi connectivity index (χ0v) is 36.3. The van der Waals surface area contributed by atoms with E-state index in [2.05, 4.69) is 42.5 Å². The summed E-state index contributed by atoms with van der Waals surface area (Å²) in [7, 11) is 0. The minimum absolute atomic E-state index is 0.0460. The van der Waals surface area contributed by atoms with Gasteiger partial charge in [-0.25, -0.2) is 70.7 Å². The lowest BCUT2D eigenvalue weighted by Gasteiger charge is -2.44. The van der Waals surface area contributed by atoms with Gasteiger partial charge < -0.3 is 9.47 Å². The SMILES string of the molecule is CCCCOC(=O)c1ccc(OC2C(F)C(F)C(F)C3C4NC5NC(NC6NC(NC7NC(NC(N4)C23)C2C(F)C(F)C(F)C(F)C72)C2C(F)C(F)C(F)C(F)C62)C2C(F)C(F)C(F)C(F)C52)cc1. The summed E-state index contributed by atoms with van der Waals surface area (Å²) >= 11 is 0. The van der Waals surface area contributed by atoms with E-state index in [1.807, 2.05) is 6.92 Å². The highest BCUT2D eigenvalue weighted by Crippen LogP contribution is 2.51. The highest BCUT2D eigenvalue weighted by molar-refractivity contribution is 5.89. The van der Waals surface area contributed by atoms with Crippen molar-refractivity contribution in [3.8, 4) is 5.75 Å². The van der Waals surface area contributed by atoms with Crippen LogP contribution < -0.4 is 47.3 Å². The molecule has 1 aromatic rings. The number of halogens is 15. The van der Waals surface area contributed by atoms with Crippen molar-refractivity contribution in [1.82, 2.24) is 42.5 Å². The summed E-state index contributed by atoms with van der Waals surface area (Å²) in [4.78, 5) is 12.6. The molecule has 4 saturated carbocycles. The molecule has 10 rings (SSSR count). The van der Waals surface area contributed by atoms with Crippen LogP contribution >= 0.6 is 0 Å². The molecule has 0 aromatic heterocycles. The maximum Gasteiger partial charge on any atom is 0.338 e. The van der Waals surface area contributed by atoms with Gasteiger partial charge in [0, 0.05) is 47.3 Å². The Bertz CT molecular complexity index is 2000. The number of alkyl halides is 15. The third kappa shape index (κ3) is 8.00. The zero-order valence-electron chi connectivity index (χ0n) is 36.3. The van der Waals surface area contributed by atoms with E-state index in [-0.39, 0.29) is 17.9 Å². The molecule has 5 heterocycles. The summed E-state index contributed by atoms with van der Waals surface area (Å²) in [6.07, 6.45) is -58.5. The minimum atomic E-state index is -3.08. The average Bonchev–Trinajstić information content (AvgIpc) is 4.08. The Morgan fingerprint density at radius 3 is 0.942 bits per heavy atom. The van der Waals surface area contributed by atoms with E-state index < -0.39 is 201 Å². The second-order valence-corrected chi connectivity index (χ2v) is 20.0. The van der Waals surface area contributed by atoms with E-state index in [0.29, 0.717) is 6.42 Å². The molecule has 1 aromatic carbocycles. The van der Waals surface area contributed by atoms with Crippen molar-refractivity contribution in [2.24, 2.45) is 47.3 Å². The molecular weight excluding hydrogens is 961 g/mol. The van der Waals surface area contributed by atoms with Crippen LogP contribution in [-0.2, 0) is 4.74 Å². The summed E-state index contributed by atoms with van der Waals surface area (Å²) in [5, 5.41) is 22.0. The first-order valence-electron chi connectivity index (χ1n) is 23.5. The van der Waals surface area contributed by atoms with Crippen LogP contribution in [0.1, 0.15) is 30.1 Å². The van der Waals surface area contributed by atoms with Gasteiger partial charge in [-0.1, -0.05) is 13.3 Å². The average molecular weight is 1010 g/mol. The van der Waals surface area contributed by atoms with Gasteiger partial charge in [0.1, 0.15) is 55.1 Å². The minimum Gasteiger partial charge on any atom is -0.487 e. The van der Waals surface area contributed by atoms with Crippen molar-refractivity contribution in [3.05, 3.63) is 29.8 Å². The number of esters is 1. The molecule has 8 bridgehead atoms. The number of hydrogen-bond donors (Lipinski definition) is 8. The van der Waals surface area contributed by atoms with Crippen molar-refractivity contribution in [2.45, 2.75) is 168 Å².